The Hall–Kier alpha value is -2.64. The number of hydrogen-bond acceptors (Lipinski definition) is 6. The van der Waals surface area contributed by atoms with Gasteiger partial charge in [-0.05, 0) is 24.3 Å². The first-order valence-corrected chi connectivity index (χ1v) is 5.57. The molecule has 0 fully saturated rings. The molecule has 0 radical (unpaired) electrons. The number of nitrogen functional groups attached to an aromatic ring is 1. The van der Waals surface area contributed by atoms with Crippen molar-refractivity contribution in [2.75, 3.05) is 18.2 Å². The van der Waals surface area contributed by atoms with Crippen LogP contribution in [0.4, 0.5) is 26.2 Å². The van der Waals surface area contributed by atoms with Gasteiger partial charge < -0.3 is 20.5 Å². The second-order valence-electron chi connectivity index (χ2n) is 3.68. The topological polar surface area (TPSA) is 82.3 Å². The molecule has 106 valence electrons. The summed E-state index contributed by atoms with van der Waals surface area (Å²) in [6, 6.07) is 7.53. The quantitative estimate of drug-likeness (QED) is 0.876. The van der Waals surface area contributed by atoms with Crippen molar-refractivity contribution in [1.29, 1.82) is 0 Å². The van der Waals surface area contributed by atoms with Crippen LogP contribution in [0.3, 0.4) is 0 Å². The Morgan fingerprint density at radius 1 is 1.20 bits per heavy atom. The number of ether oxygens (including phenoxy) is 2. The first kappa shape index (κ1) is 13.8. The van der Waals surface area contributed by atoms with Crippen LogP contribution in [0, 0.1) is 0 Å². The molecule has 2 aromatic rings. The molecule has 0 aliphatic carbocycles. The predicted molar refractivity (Wildman–Crippen MR) is 69.4 cm³/mol. The zero-order valence-electron chi connectivity index (χ0n) is 10.5. The van der Waals surface area contributed by atoms with Crippen molar-refractivity contribution in [1.82, 2.24) is 9.97 Å². The molecule has 2 rings (SSSR count). The van der Waals surface area contributed by atoms with Crippen LogP contribution in [0.5, 0.6) is 11.6 Å². The van der Waals surface area contributed by atoms with Gasteiger partial charge in [-0.25, -0.2) is 0 Å². The smallest absolute Gasteiger partial charge is 0.387 e. The lowest BCUT2D eigenvalue weighted by atomic mass is 10.3. The number of rotatable bonds is 5. The highest BCUT2D eigenvalue weighted by Crippen LogP contribution is 2.22. The fourth-order valence-corrected chi connectivity index (χ4v) is 1.48. The average molecular weight is 282 g/mol. The van der Waals surface area contributed by atoms with Crippen LogP contribution in [0.1, 0.15) is 0 Å². The van der Waals surface area contributed by atoms with E-state index in [2.05, 4.69) is 20.0 Å². The van der Waals surface area contributed by atoms with E-state index < -0.39 is 6.61 Å². The van der Waals surface area contributed by atoms with Crippen LogP contribution in [-0.2, 0) is 0 Å². The lowest BCUT2D eigenvalue weighted by Crippen LogP contribution is -2.03. The molecule has 0 aliphatic heterocycles. The Balaban J connectivity index is 2.11. The molecule has 0 amide bonds. The third-order valence-corrected chi connectivity index (χ3v) is 2.28. The van der Waals surface area contributed by atoms with Gasteiger partial charge in [0.25, 0.3) is 0 Å². The molecule has 0 saturated heterocycles. The van der Waals surface area contributed by atoms with Crippen molar-refractivity contribution in [3.63, 3.8) is 0 Å². The molecule has 0 unspecified atom stereocenters. The van der Waals surface area contributed by atoms with E-state index in [0.29, 0.717) is 17.4 Å². The van der Waals surface area contributed by atoms with Crippen molar-refractivity contribution >= 4 is 17.5 Å². The molecule has 0 aliphatic rings. The number of methoxy groups -OCH3 is 1. The summed E-state index contributed by atoms with van der Waals surface area (Å²) in [5, 5.41) is 2.95. The summed E-state index contributed by atoms with van der Waals surface area (Å²) in [7, 11) is 1.46. The van der Waals surface area contributed by atoms with Crippen molar-refractivity contribution in [3.05, 3.63) is 30.3 Å². The van der Waals surface area contributed by atoms with Crippen LogP contribution >= 0.6 is 0 Å². The molecule has 6 nitrogen and oxygen atoms in total. The minimum absolute atomic E-state index is 0.0597. The number of halogens is 2. The first-order valence-electron chi connectivity index (χ1n) is 5.57. The summed E-state index contributed by atoms with van der Waals surface area (Å²) in [4.78, 5) is 7.81. The number of aromatic nitrogens is 2. The maximum Gasteiger partial charge on any atom is 0.387 e. The molecule has 1 aromatic carbocycles. The van der Waals surface area contributed by atoms with E-state index in [0.717, 1.165) is 0 Å². The molecular formula is C12H12F2N4O2. The van der Waals surface area contributed by atoms with Crippen molar-refractivity contribution in [2.45, 2.75) is 6.61 Å². The molecular weight excluding hydrogens is 270 g/mol. The third-order valence-electron chi connectivity index (χ3n) is 2.28. The average Bonchev–Trinajstić information content (AvgIpc) is 2.39. The Kier molecular flexibility index (Phi) is 4.14. The van der Waals surface area contributed by atoms with E-state index in [-0.39, 0.29) is 11.7 Å². The van der Waals surface area contributed by atoms with Gasteiger partial charge >= 0.3 is 6.61 Å². The van der Waals surface area contributed by atoms with Gasteiger partial charge in [0.15, 0.2) is 0 Å². The number of nitrogens with two attached hydrogens (primary N) is 1. The molecule has 0 bridgehead atoms. The van der Waals surface area contributed by atoms with Gasteiger partial charge in [-0.2, -0.15) is 18.7 Å². The van der Waals surface area contributed by atoms with Gasteiger partial charge in [0, 0.05) is 11.8 Å². The lowest BCUT2D eigenvalue weighted by Gasteiger charge is -2.09. The van der Waals surface area contributed by atoms with E-state index in [1.54, 1.807) is 18.2 Å². The van der Waals surface area contributed by atoms with Crippen LogP contribution in [0.15, 0.2) is 30.3 Å². The highest BCUT2D eigenvalue weighted by atomic mass is 19.3. The van der Waals surface area contributed by atoms with Crippen molar-refractivity contribution in [3.8, 4) is 11.6 Å². The van der Waals surface area contributed by atoms with E-state index in [4.69, 9.17) is 10.5 Å². The van der Waals surface area contributed by atoms with Crippen molar-refractivity contribution in [2.24, 2.45) is 0 Å². The molecule has 8 heteroatoms. The van der Waals surface area contributed by atoms with Gasteiger partial charge in [-0.3, -0.25) is 0 Å². The largest absolute Gasteiger partial charge is 0.481 e. The number of hydrogen-bond donors (Lipinski definition) is 2. The van der Waals surface area contributed by atoms with Crippen LogP contribution < -0.4 is 20.5 Å². The Bertz CT molecular complexity index is 578. The molecule has 0 saturated carbocycles. The Morgan fingerprint density at radius 2 is 1.90 bits per heavy atom. The number of nitrogens with zero attached hydrogens (tertiary/aromatic N) is 2. The van der Waals surface area contributed by atoms with Gasteiger partial charge in [0.2, 0.25) is 11.8 Å². The normalized spacial score (nSPS) is 10.4. The summed E-state index contributed by atoms with van der Waals surface area (Å²) in [5.74, 6) is 0.879. The van der Waals surface area contributed by atoms with Crippen LogP contribution in [-0.4, -0.2) is 23.7 Å². The van der Waals surface area contributed by atoms with E-state index in [9.17, 15) is 8.78 Å². The summed E-state index contributed by atoms with van der Waals surface area (Å²) in [5.41, 5.74) is 6.15. The Labute approximate surface area is 113 Å². The molecule has 0 spiro atoms. The number of benzene rings is 1. The number of nitrogens with one attached hydrogen (secondary N) is 1. The maximum absolute atomic E-state index is 12.0. The number of alkyl halides is 2. The maximum atomic E-state index is 12.0. The SMILES string of the molecule is COc1cc(Nc2ccc(OC(F)F)cc2)nc(N)n1. The molecule has 20 heavy (non-hydrogen) atoms. The van der Waals surface area contributed by atoms with E-state index in [1.165, 1.54) is 19.2 Å². The zero-order chi connectivity index (χ0) is 14.5. The van der Waals surface area contributed by atoms with Crippen molar-refractivity contribution < 1.29 is 18.3 Å². The summed E-state index contributed by atoms with van der Waals surface area (Å²) in [6.45, 7) is -2.85. The van der Waals surface area contributed by atoms with E-state index in [1.807, 2.05) is 0 Å². The monoisotopic (exact) mass is 282 g/mol. The van der Waals surface area contributed by atoms with Gasteiger partial charge in [-0.1, -0.05) is 0 Å². The fraction of sp³-hybridized carbons (Fsp3) is 0.167. The highest BCUT2D eigenvalue weighted by Gasteiger charge is 2.05. The number of anilines is 3. The first-order chi connectivity index (χ1) is 9.56. The highest BCUT2D eigenvalue weighted by molar-refractivity contribution is 5.58. The van der Waals surface area contributed by atoms with Gasteiger partial charge in [0.1, 0.15) is 11.6 Å². The minimum Gasteiger partial charge on any atom is -0.481 e. The lowest BCUT2D eigenvalue weighted by molar-refractivity contribution is -0.0498. The summed E-state index contributed by atoms with van der Waals surface area (Å²) >= 11 is 0. The molecule has 1 aromatic heterocycles. The van der Waals surface area contributed by atoms with Gasteiger partial charge in [0.05, 0.1) is 7.11 Å². The zero-order valence-corrected chi connectivity index (χ0v) is 10.5. The van der Waals surface area contributed by atoms with Gasteiger partial charge in [-0.15, -0.1) is 0 Å². The standard InChI is InChI=1S/C12H12F2N4O2/c1-19-10-6-9(17-12(15)18-10)16-7-2-4-8(5-3-7)20-11(13)14/h2-6,11H,1H3,(H3,15,16,17,18). The minimum atomic E-state index is -2.85. The summed E-state index contributed by atoms with van der Waals surface area (Å²) < 4.78 is 33.2. The summed E-state index contributed by atoms with van der Waals surface area (Å²) in [6.07, 6.45) is 0. The van der Waals surface area contributed by atoms with E-state index >= 15 is 0 Å². The predicted octanol–water partition coefficient (Wildman–Crippen LogP) is 2.41. The Morgan fingerprint density at radius 3 is 2.50 bits per heavy atom. The molecule has 0 atom stereocenters. The molecule has 1 heterocycles. The van der Waals surface area contributed by atoms with Crippen LogP contribution in [0.25, 0.3) is 0 Å². The fourth-order valence-electron chi connectivity index (χ4n) is 1.48. The second-order valence-corrected chi connectivity index (χ2v) is 3.68. The van der Waals surface area contributed by atoms with Crippen LogP contribution in [0.2, 0.25) is 0 Å². The molecule has 3 N–H and O–H groups in total. The second kappa shape index (κ2) is 6.00. The third kappa shape index (κ3) is 3.67.